The highest BCUT2D eigenvalue weighted by Crippen LogP contribution is 2.19. The number of carboxylic acids is 1. The van der Waals surface area contributed by atoms with Crippen LogP contribution in [-0.4, -0.2) is 29.4 Å². The lowest BCUT2D eigenvalue weighted by Gasteiger charge is -2.18. The summed E-state index contributed by atoms with van der Waals surface area (Å²) >= 11 is 0. The molecule has 0 fully saturated rings. The first-order valence-electron chi connectivity index (χ1n) is 7.18. The van der Waals surface area contributed by atoms with Gasteiger partial charge in [0.25, 0.3) is 5.91 Å². The zero-order valence-corrected chi connectivity index (χ0v) is 13.1. The molecule has 0 radical (unpaired) electrons. The normalized spacial score (nSPS) is 10.9. The number of amides is 2. The molecule has 2 amide bonds. The number of rotatable bonds is 7. The average Bonchev–Trinajstić information content (AvgIpc) is 2.46. The lowest BCUT2D eigenvalue weighted by atomic mass is 9.90. The predicted octanol–water partition coefficient (Wildman–Crippen LogP) is 2.27. The van der Waals surface area contributed by atoms with Crippen LogP contribution in [0.2, 0.25) is 0 Å². The molecule has 0 aromatic heterocycles. The molecule has 0 unspecified atom stereocenters. The van der Waals surface area contributed by atoms with Crippen LogP contribution in [0.1, 0.15) is 44.0 Å². The summed E-state index contributed by atoms with van der Waals surface area (Å²) in [7, 11) is 0. The summed E-state index contributed by atoms with van der Waals surface area (Å²) in [6.07, 6.45) is 0.695. The van der Waals surface area contributed by atoms with E-state index in [-0.39, 0.29) is 18.4 Å². The van der Waals surface area contributed by atoms with Crippen molar-refractivity contribution in [1.29, 1.82) is 0 Å². The van der Waals surface area contributed by atoms with Gasteiger partial charge in [-0.05, 0) is 38.5 Å². The molecule has 0 spiro atoms. The molecule has 0 aliphatic carbocycles. The van der Waals surface area contributed by atoms with E-state index in [4.69, 9.17) is 5.11 Å². The third kappa shape index (κ3) is 5.20. The van der Waals surface area contributed by atoms with E-state index in [0.717, 1.165) is 0 Å². The minimum absolute atomic E-state index is 0.124. The first-order valence-corrected chi connectivity index (χ1v) is 7.18. The van der Waals surface area contributed by atoms with E-state index in [1.807, 2.05) is 0 Å². The van der Waals surface area contributed by atoms with E-state index in [1.54, 1.807) is 45.0 Å². The zero-order chi connectivity index (χ0) is 16.8. The molecule has 1 aromatic carbocycles. The van der Waals surface area contributed by atoms with E-state index in [0.29, 0.717) is 24.1 Å². The van der Waals surface area contributed by atoms with Crippen molar-refractivity contribution in [3.8, 4) is 0 Å². The Morgan fingerprint density at radius 1 is 1.23 bits per heavy atom. The molecule has 0 bridgehead atoms. The molecule has 0 atom stereocenters. The summed E-state index contributed by atoms with van der Waals surface area (Å²) in [4.78, 5) is 34.4. The Bertz CT molecular complexity index is 567. The van der Waals surface area contributed by atoms with Crippen LogP contribution < -0.4 is 10.6 Å². The molecule has 0 aliphatic heterocycles. The number of aliphatic carboxylic acids is 1. The number of benzene rings is 1. The average molecular weight is 306 g/mol. The number of anilines is 1. The van der Waals surface area contributed by atoms with Gasteiger partial charge in [0.15, 0.2) is 0 Å². The van der Waals surface area contributed by atoms with Gasteiger partial charge in [-0.15, -0.1) is 0 Å². The first kappa shape index (κ1) is 17.7. The molecule has 6 nitrogen and oxygen atoms in total. The highest BCUT2D eigenvalue weighted by molar-refractivity contribution is 5.97. The van der Waals surface area contributed by atoms with Crippen molar-refractivity contribution in [1.82, 2.24) is 5.32 Å². The van der Waals surface area contributed by atoms with Crippen LogP contribution in [0.15, 0.2) is 24.3 Å². The van der Waals surface area contributed by atoms with E-state index in [2.05, 4.69) is 10.6 Å². The maximum absolute atomic E-state index is 12.0. The molecule has 0 saturated heterocycles. The summed E-state index contributed by atoms with van der Waals surface area (Å²) < 4.78 is 0. The van der Waals surface area contributed by atoms with Gasteiger partial charge in [-0.25, -0.2) is 0 Å². The van der Waals surface area contributed by atoms with Gasteiger partial charge in [-0.3, -0.25) is 14.4 Å². The van der Waals surface area contributed by atoms with Crippen LogP contribution in [0.25, 0.3) is 0 Å². The quantitative estimate of drug-likeness (QED) is 0.720. The van der Waals surface area contributed by atoms with Gasteiger partial charge in [-0.2, -0.15) is 0 Å². The minimum atomic E-state index is -0.897. The topological polar surface area (TPSA) is 95.5 Å². The van der Waals surface area contributed by atoms with E-state index < -0.39 is 11.4 Å². The summed E-state index contributed by atoms with van der Waals surface area (Å²) in [5.41, 5.74) is 0.0944. The van der Waals surface area contributed by atoms with Crippen molar-refractivity contribution in [3.63, 3.8) is 0 Å². The largest absolute Gasteiger partial charge is 0.481 e. The van der Waals surface area contributed by atoms with Gasteiger partial charge >= 0.3 is 5.97 Å². The maximum Gasteiger partial charge on any atom is 0.309 e. The highest BCUT2D eigenvalue weighted by atomic mass is 16.4. The van der Waals surface area contributed by atoms with Crippen molar-refractivity contribution in [2.24, 2.45) is 5.41 Å². The van der Waals surface area contributed by atoms with Crippen molar-refractivity contribution in [3.05, 3.63) is 29.8 Å². The Kier molecular flexibility index (Phi) is 6.10. The Balaban J connectivity index is 2.61. The van der Waals surface area contributed by atoms with E-state index in [1.165, 1.54) is 0 Å². The lowest BCUT2D eigenvalue weighted by Crippen LogP contribution is -2.32. The Morgan fingerprint density at radius 2 is 1.91 bits per heavy atom. The van der Waals surface area contributed by atoms with Crippen LogP contribution in [0, 0.1) is 5.41 Å². The molecule has 0 heterocycles. The van der Waals surface area contributed by atoms with Crippen molar-refractivity contribution in [2.45, 2.75) is 33.6 Å². The fourth-order valence-electron chi connectivity index (χ4n) is 1.69. The van der Waals surface area contributed by atoms with Crippen molar-refractivity contribution >= 4 is 23.5 Å². The Morgan fingerprint density at radius 3 is 2.50 bits per heavy atom. The molecule has 0 saturated carbocycles. The van der Waals surface area contributed by atoms with Gasteiger partial charge < -0.3 is 15.7 Å². The second-order valence-electron chi connectivity index (χ2n) is 5.68. The fourth-order valence-corrected chi connectivity index (χ4v) is 1.69. The maximum atomic E-state index is 12.0. The van der Waals surface area contributed by atoms with Crippen LogP contribution in [0.4, 0.5) is 5.69 Å². The molecular formula is C16H22N2O4. The second kappa shape index (κ2) is 7.59. The van der Waals surface area contributed by atoms with Gasteiger partial charge in [0.05, 0.1) is 5.41 Å². The van der Waals surface area contributed by atoms with E-state index >= 15 is 0 Å². The standard InChI is InChI=1S/C16H22N2O4/c1-4-13(19)18-12-7-5-6-11(10-12)14(20)17-9-8-16(2,3)15(21)22/h5-7,10H,4,8-9H2,1-3H3,(H,17,20)(H,18,19)(H,21,22). The lowest BCUT2D eigenvalue weighted by molar-refractivity contribution is -0.147. The Hall–Kier alpha value is -2.37. The third-order valence-corrected chi connectivity index (χ3v) is 3.34. The van der Waals surface area contributed by atoms with Crippen LogP contribution in [0.3, 0.4) is 0 Å². The van der Waals surface area contributed by atoms with Crippen LogP contribution in [0.5, 0.6) is 0 Å². The number of carbonyl (C=O) groups excluding carboxylic acids is 2. The number of hydrogen-bond donors (Lipinski definition) is 3. The molecule has 120 valence electrons. The molecule has 1 aromatic rings. The van der Waals surface area contributed by atoms with Gasteiger partial charge in [-0.1, -0.05) is 13.0 Å². The smallest absolute Gasteiger partial charge is 0.309 e. The number of carboxylic acid groups (broad SMARTS) is 1. The Labute approximate surface area is 129 Å². The predicted molar refractivity (Wildman–Crippen MR) is 83.7 cm³/mol. The monoisotopic (exact) mass is 306 g/mol. The first-order chi connectivity index (χ1) is 10.3. The molecule has 22 heavy (non-hydrogen) atoms. The van der Waals surface area contributed by atoms with Gasteiger partial charge in [0, 0.05) is 24.2 Å². The number of nitrogens with one attached hydrogen (secondary N) is 2. The summed E-state index contributed by atoms with van der Waals surface area (Å²) in [5, 5.41) is 14.4. The molecule has 0 aliphatic rings. The molecule has 6 heteroatoms. The summed E-state index contributed by atoms with van der Waals surface area (Å²) in [6.45, 7) is 5.24. The number of hydrogen-bond acceptors (Lipinski definition) is 3. The third-order valence-electron chi connectivity index (χ3n) is 3.34. The summed E-state index contributed by atoms with van der Waals surface area (Å²) in [5.74, 6) is -1.32. The van der Waals surface area contributed by atoms with Gasteiger partial charge in [0.2, 0.25) is 5.91 Å². The second-order valence-corrected chi connectivity index (χ2v) is 5.68. The summed E-state index contributed by atoms with van der Waals surface area (Å²) in [6, 6.07) is 6.61. The number of carbonyl (C=O) groups is 3. The van der Waals surface area contributed by atoms with E-state index in [9.17, 15) is 14.4 Å². The molecule has 1 rings (SSSR count). The highest BCUT2D eigenvalue weighted by Gasteiger charge is 2.26. The zero-order valence-electron chi connectivity index (χ0n) is 13.1. The molecule has 3 N–H and O–H groups in total. The van der Waals surface area contributed by atoms with Crippen molar-refractivity contribution in [2.75, 3.05) is 11.9 Å². The van der Waals surface area contributed by atoms with Crippen LogP contribution in [-0.2, 0) is 9.59 Å². The van der Waals surface area contributed by atoms with Gasteiger partial charge in [0.1, 0.15) is 0 Å². The minimum Gasteiger partial charge on any atom is -0.481 e. The molecular weight excluding hydrogens is 284 g/mol. The van der Waals surface area contributed by atoms with Crippen molar-refractivity contribution < 1.29 is 19.5 Å². The van der Waals surface area contributed by atoms with Crippen LogP contribution >= 0.6 is 0 Å². The SMILES string of the molecule is CCC(=O)Nc1cccc(C(=O)NCCC(C)(C)C(=O)O)c1. The fraction of sp³-hybridized carbons (Fsp3) is 0.438.